The summed E-state index contributed by atoms with van der Waals surface area (Å²) < 4.78 is 1.80. The third kappa shape index (κ3) is 2.47. The molecule has 2 fully saturated rings. The average molecular weight is 262 g/mol. The summed E-state index contributed by atoms with van der Waals surface area (Å²) in [4.78, 5) is 25.6. The summed E-state index contributed by atoms with van der Waals surface area (Å²) in [6, 6.07) is 1.65. The maximum absolute atomic E-state index is 12.3. The Morgan fingerprint density at radius 1 is 1.42 bits per heavy atom. The van der Waals surface area contributed by atoms with E-state index in [-0.39, 0.29) is 24.4 Å². The largest absolute Gasteiger partial charge is 0.342 e. The Morgan fingerprint density at radius 2 is 2.21 bits per heavy atom. The van der Waals surface area contributed by atoms with Gasteiger partial charge >= 0.3 is 0 Å². The topological polar surface area (TPSA) is 67.2 Å². The smallest absolute Gasteiger partial charge is 0.245 e. The van der Waals surface area contributed by atoms with Crippen LogP contribution in [0.2, 0.25) is 0 Å². The fraction of sp³-hybridized carbons (Fsp3) is 0.615. The van der Waals surface area contributed by atoms with Gasteiger partial charge in [0.15, 0.2) is 0 Å². The maximum Gasteiger partial charge on any atom is 0.245 e. The SMILES string of the molecule is Cn1nccc1CCN1CC(=O)NC(C2CC2)C1=O. The molecule has 0 radical (unpaired) electrons. The summed E-state index contributed by atoms with van der Waals surface area (Å²) in [5.74, 6) is 0.390. The Hall–Kier alpha value is -1.85. The molecule has 0 aromatic carbocycles. The standard InChI is InChI=1S/C13H18N4O2/c1-16-10(4-6-14-16)5-7-17-8-11(18)15-12(13(17)19)9-2-3-9/h4,6,9,12H,2-3,5,7-8H2,1H3,(H,15,18). The van der Waals surface area contributed by atoms with Crippen LogP contribution < -0.4 is 5.32 Å². The normalized spacial score (nSPS) is 23.6. The highest BCUT2D eigenvalue weighted by atomic mass is 16.2. The quantitative estimate of drug-likeness (QED) is 0.810. The van der Waals surface area contributed by atoms with E-state index in [0.717, 1.165) is 25.0 Å². The lowest BCUT2D eigenvalue weighted by molar-refractivity contribution is -0.144. The molecule has 1 unspecified atom stereocenters. The first-order valence-corrected chi connectivity index (χ1v) is 6.70. The van der Waals surface area contributed by atoms with Crippen LogP contribution in [0.4, 0.5) is 0 Å². The molecule has 1 aromatic heterocycles. The predicted molar refractivity (Wildman–Crippen MR) is 68.1 cm³/mol. The van der Waals surface area contributed by atoms with E-state index < -0.39 is 0 Å². The van der Waals surface area contributed by atoms with Crippen molar-refractivity contribution in [3.8, 4) is 0 Å². The molecule has 0 spiro atoms. The molecule has 1 aromatic rings. The lowest BCUT2D eigenvalue weighted by Crippen LogP contribution is -2.59. The molecule has 1 N–H and O–H groups in total. The minimum atomic E-state index is -0.284. The predicted octanol–water partition coefficient (Wildman–Crippen LogP) is -0.300. The van der Waals surface area contributed by atoms with Gasteiger partial charge in [-0.2, -0.15) is 5.10 Å². The Morgan fingerprint density at radius 3 is 2.84 bits per heavy atom. The fourth-order valence-electron chi connectivity index (χ4n) is 2.56. The van der Waals surface area contributed by atoms with Gasteiger partial charge in [-0.15, -0.1) is 0 Å². The molecule has 1 aliphatic heterocycles. The van der Waals surface area contributed by atoms with Crippen molar-refractivity contribution in [2.75, 3.05) is 13.1 Å². The monoisotopic (exact) mass is 262 g/mol. The number of aryl methyl sites for hydroxylation is 1. The highest BCUT2D eigenvalue weighted by Crippen LogP contribution is 2.34. The Balaban J connectivity index is 1.64. The van der Waals surface area contributed by atoms with Crippen molar-refractivity contribution in [3.63, 3.8) is 0 Å². The van der Waals surface area contributed by atoms with Crippen molar-refractivity contribution in [1.29, 1.82) is 0 Å². The van der Waals surface area contributed by atoms with Gasteiger partial charge in [0, 0.05) is 31.9 Å². The molecule has 1 atom stereocenters. The van der Waals surface area contributed by atoms with Crippen molar-refractivity contribution in [1.82, 2.24) is 20.0 Å². The van der Waals surface area contributed by atoms with Crippen LogP contribution in [0.3, 0.4) is 0 Å². The van der Waals surface area contributed by atoms with E-state index in [2.05, 4.69) is 10.4 Å². The zero-order valence-corrected chi connectivity index (χ0v) is 11.0. The van der Waals surface area contributed by atoms with Crippen LogP contribution in [0.25, 0.3) is 0 Å². The molecule has 1 saturated heterocycles. The minimum Gasteiger partial charge on any atom is -0.342 e. The van der Waals surface area contributed by atoms with Crippen LogP contribution in [0.1, 0.15) is 18.5 Å². The Kier molecular flexibility index (Phi) is 3.00. The second kappa shape index (κ2) is 4.68. The number of aromatic nitrogens is 2. The summed E-state index contributed by atoms with van der Waals surface area (Å²) in [7, 11) is 1.88. The van der Waals surface area contributed by atoms with E-state index in [4.69, 9.17) is 0 Å². The van der Waals surface area contributed by atoms with Gasteiger partial charge in [-0.05, 0) is 24.8 Å². The van der Waals surface area contributed by atoms with Crippen molar-refractivity contribution in [2.24, 2.45) is 13.0 Å². The lowest BCUT2D eigenvalue weighted by Gasteiger charge is -2.32. The highest BCUT2D eigenvalue weighted by Gasteiger charge is 2.42. The fourth-order valence-corrected chi connectivity index (χ4v) is 2.56. The minimum absolute atomic E-state index is 0.0403. The van der Waals surface area contributed by atoms with Crippen LogP contribution in [0, 0.1) is 5.92 Å². The van der Waals surface area contributed by atoms with Crippen LogP contribution in [-0.4, -0.2) is 45.6 Å². The number of nitrogens with zero attached hydrogens (tertiary/aromatic N) is 3. The molecule has 102 valence electrons. The summed E-state index contributed by atoms with van der Waals surface area (Å²) >= 11 is 0. The zero-order valence-electron chi connectivity index (χ0n) is 11.0. The summed E-state index contributed by atoms with van der Waals surface area (Å²) in [6.45, 7) is 0.759. The van der Waals surface area contributed by atoms with E-state index in [0.29, 0.717) is 12.5 Å². The van der Waals surface area contributed by atoms with Crippen LogP contribution in [0.5, 0.6) is 0 Å². The number of hydrogen-bond acceptors (Lipinski definition) is 3. The van der Waals surface area contributed by atoms with Gasteiger partial charge < -0.3 is 10.2 Å². The second-order valence-corrected chi connectivity index (χ2v) is 5.34. The number of rotatable bonds is 4. The van der Waals surface area contributed by atoms with E-state index >= 15 is 0 Å². The van der Waals surface area contributed by atoms with Crippen molar-refractivity contribution in [2.45, 2.75) is 25.3 Å². The third-order valence-electron chi connectivity index (χ3n) is 3.88. The molecule has 6 heteroatoms. The van der Waals surface area contributed by atoms with Crippen LogP contribution in [0.15, 0.2) is 12.3 Å². The molecule has 3 rings (SSSR count). The molecule has 6 nitrogen and oxygen atoms in total. The molecular formula is C13H18N4O2. The average Bonchev–Trinajstić information content (AvgIpc) is 3.14. The Labute approximate surface area is 111 Å². The van der Waals surface area contributed by atoms with Gasteiger partial charge in [-0.25, -0.2) is 0 Å². The number of nitrogens with one attached hydrogen (secondary N) is 1. The summed E-state index contributed by atoms with van der Waals surface area (Å²) in [5, 5.41) is 6.92. The Bertz CT molecular complexity index is 506. The van der Waals surface area contributed by atoms with Gasteiger partial charge in [0.05, 0.1) is 6.54 Å². The first kappa shape index (κ1) is 12.2. The van der Waals surface area contributed by atoms with Gasteiger partial charge in [0.2, 0.25) is 11.8 Å². The van der Waals surface area contributed by atoms with Crippen molar-refractivity contribution in [3.05, 3.63) is 18.0 Å². The van der Waals surface area contributed by atoms with E-state index in [9.17, 15) is 9.59 Å². The molecule has 1 aliphatic carbocycles. The molecule has 2 heterocycles. The van der Waals surface area contributed by atoms with E-state index in [1.807, 2.05) is 13.1 Å². The molecule has 19 heavy (non-hydrogen) atoms. The van der Waals surface area contributed by atoms with E-state index in [1.165, 1.54) is 0 Å². The number of carbonyl (C=O) groups excluding carboxylic acids is 2. The molecule has 2 aliphatic rings. The summed E-state index contributed by atoms with van der Waals surface area (Å²) in [6.07, 6.45) is 4.57. The van der Waals surface area contributed by atoms with Crippen LogP contribution >= 0.6 is 0 Å². The number of hydrogen-bond donors (Lipinski definition) is 1. The zero-order chi connectivity index (χ0) is 13.4. The molecular weight excluding hydrogens is 244 g/mol. The van der Waals surface area contributed by atoms with Crippen molar-refractivity contribution >= 4 is 11.8 Å². The molecule has 0 bridgehead atoms. The lowest BCUT2D eigenvalue weighted by atomic mass is 10.1. The number of piperazine rings is 1. The molecule has 2 amide bonds. The van der Waals surface area contributed by atoms with Gasteiger partial charge in [0.25, 0.3) is 0 Å². The van der Waals surface area contributed by atoms with Gasteiger partial charge in [0.1, 0.15) is 6.04 Å². The molecule has 1 saturated carbocycles. The van der Waals surface area contributed by atoms with Gasteiger partial charge in [-0.3, -0.25) is 14.3 Å². The highest BCUT2D eigenvalue weighted by molar-refractivity contribution is 5.95. The number of carbonyl (C=O) groups is 2. The van der Waals surface area contributed by atoms with Crippen molar-refractivity contribution < 1.29 is 9.59 Å². The number of amides is 2. The summed E-state index contributed by atoms with van der Waals surface area (Å²) in [5.41, 5.74) is 1.07. The maximum atomic E-state index is 12.3. The third-order valence-corrected chi connectivity index (χ3v) is 3.88. The first-order chi connectivity index (χ1) is 9.15. The first-order valence-electron chi connectivity index (χ1n) is 6.70. The van der Waals surface area contributed by atoms with E-state index in [1.54, 1.807) is 15.8 Å². The van der Waals surface area contributed by atoms with Crippen LogP contribution in [-0.2, 0) is 23.1 Å². The van der Waals surface area contributed by atoms with Gasteiger partial charge in [-0.1, -0.05) is 0 Å². The second-order valence-electron chi connectivity index (χ2n) is 5.34.